The van der Waals surface area contributed by atoms with Crippen LogP contribution in [0.5, 0.6) is 0 Å². The average Bonchev–Trinajstić information content (AvgIpc) is 2.25. The number of rotatable bonds is 6. The lowest BCUT2D eigenvalue weighted by atomic mass is 10.4. The normalized spacial score (nSPS) is 19.2. The van der Waals surface area contributed by atoms with Gasteiger partial charge in [0.05, 0.1) is 0 Å². The van der Waals surface area contributed by atoms with Crippen molar-refractivity contribution in [2.45, 2.75) is 0 Å². The van der Waals surface area contributed by atoms with Gasteiger partial charge in [-0.05, 0) is 0 Å². The second-order valence-corrected chi connectivity index (χ2v) is 4.82. The number of hydrogen-bond acceptors (Lipinski definition) is 3. The molecule has 0 saturated carbocycles. The van der Waals surface area contributed by atoms with Crippen LogP contribution in [0.4, 0.5) is 0 Å². The summed E-state index contributed by atoms with van der Waals surface area (Å²) in [4.78, 5) is 2.52. The first-order valence-electron chi connectivity index (χ1n) is 5.15. The molecule has 0 radical (unpaired) electrons. The third-order valence-corrected chi connectivity index (χ3v) is 3.35. The topological polar surface area (TPSA) is 15.3 Å². The third kappa shape index (κ3) is 5.91. The van der Waals surface area contributed by atoms with Crippen LogP contribution in [-0.4, -0.2) is 55.0 Å². The van der Waals surface area contributed by atoms with E-state index in [1.54, 1.807) is 0 Å². The minimum absolute atomic E-state index is 0.616. The van der Waals surface area contributed by atoms with Gasteiger partial charge in [-0.25, -0.2) is 0 Å². The quantitative estimate of drug-likeness (QED) is 0.425. The van der Waals surface area contributed by atoms with Gasteiger partial charge in [0, 0.05) is 50.1 Å². The molecular weight excluding hydrogens is 216 g/mol. The molecule has 14 heavy (non-hydrogen) atoms. The fourth-order valence-electron chi connectivity index (χ4n) is 1.39. The summed E-state index contributed by atoms with van der Waals surface area (Å²) >= 11 is 7.57. The summed E-state index contributed by atoms with van der Waals surface area (Å²) < 4.78 is 0. The number of thioether (sulfide) groups is 1. The molecular formula is C10H19ClN2S. The first-order chi connectivity index (χ1) is 6.93. The molecule has 0 spiro atoms. The van der Waals surface area contributed by atoms with Crippen LogP contribution in [0.1, 0.15) is 0 Å². The molecule has 0 atom stereocenters. The van der Waals surface area contributed by atoms with Gasteiger partial charge in [0.15, 0.2) is 0 Å². The van der Waals surface area contributed by atoms with Crippen LogP contribution < -0.4 is 5.32 Å². The Labute approximate surface area is 96.1 Å². The molecule has 1 heterocycles. The van der Waals surface area contributed by atoms with E-state index in [-0.39, 0.29) is 0 Å². The Morgan fingerprint density at radius 1 is 1.29 bits per heavy atom. The lowest BCUT2D eigenvalue weighted by molar-refractivity contribution is 0.303. The number of allylic oxidation sites excluding steroid dienone is 1. The molecule has 0 bridgehead atoms. The summed E-state index contributed by atoms with van der Waals surface area (Å²) in [5.74, 6) is 3.21. The third-order valence-electron chi connectivity index (χ3n) is 2.23. The van der Waals surface area contributed by atoms with Crippen LogP contribution >= 0.6 is 23.4 Å². The van der Waals surface area contributed by atoms with Crippen molar-refractivity contribution in [3.63, 3.8) is 0 Å². The molecule has 1 fully saturated rings. The first-order valence-corrected chi connectivity index (χ1v) is 6.84. The Balaban J connectivity index is 1.89. The van der Waals surface area contributed by atoms with Gasteiger partial charge in [-0.2, -0.15) is 11.8 Å². The zero-order chi connectivity index (χ0) is 10.1. The van der Waals surface area contributed by atoms with E-state index in [9.17, 15) is 0 Å². The van der Waals surface area contributed by atoms with Gasteiger partial charge in [-0.3, -0.25) is 0 Å². The van der Waals surface area contributed by atoms with Gasteiger partial charge in [0.2, 0.25) is 0 Å². The highest BCUT2D eigenvalue weighted by molar-refractivity contribution is 7.99. The second kappa shape index (κ2) is 8.60. The van der Waals surface area contributed by atoms with E-state index in [2.05, 4.69) is 28.1 Å². The van der Waals surface area contributed by atoms with Gasteiger partial charge in [0.1, 0.15) is 0 Å². The molecule has 0 amide bonds. The summed E-state index contributed by atoms with van der Waals surface area (Å²) in [5.41, 5.74) is 0. The van der Waals surface area contributed by atoms with Crippen molar-refractivity contribution >= 4 is 23.4 Å². The first kappa shape index (κ1) is 12.4. The van der Waals surface area contributed by atoms with Crippen LogP contribution in [0.2, 0.25) is 0 Å². The van der Waals surface area contributed by atoms with E-state index in [4.69, 9.17) is 11.6 Å². The lowest BCUT2D eigenvalue weighted by Gasteiger charge is -2.25. The zero-order valence-corrected chi connectivity index (χ0v) is 10.1. The van der Waals surface area contributed by atoms with Crippen molar-refractivity contribution in [1.29, 1.82) is 0 Å². The van der Waals surface area contributed by atoms with Crippen LogP contribution in [0.15, 0.2) is 12.2 Å². The van der Waals surface area contributed by atoms with Gasteiger partial charge < -0.3 is 10.2 Å². The van der Waals surface area contributed by atoms with Crippen molar-refractivity contribution < 1.29 is 0 Å². The molecule has 0 unspecified atom stereocenters. The highest BCUT2D eigenvalue weighted by Crippen LogP contribution is 2.07. The maximum absolute atomic E-state index is 5.51. The molecule has 1 saturated heterocycles. The van der Waals surface area contributed by atoms with Crippen molar-refractivity contribution in [2.75, 3.05) is 50.1 Å². The monoisotopic (exact) mass is 234 g/mol. The predicted molar refractivity (Wildman–Crippen MR) is 66.5 cm³/mol. The molecule has 1 aliphatic rings. The molecule has 1 N–H and O–H groups in total. The van der Waals surface area contributed by atoms with Gasteiger partial charge >= 0.3 is 0 Å². The van der Waals surface area contributed by atoms with Crippen molar-refractivity contribution in [1.82, 2.24) is 10.2 Å². The van der Waals surface area contributed by atoms with E-state index in [0.717, 1.165) is 13.1 Å². The highest BCUT2D eigenvalue weighted by atomic mass is 35.5. The number of nitrogens with one attached hydrogen (secondary N) is 1. The molecule has 0 aromatic rings. The van der Waals surface area contributed by atoms with E-state index in [0.29, 0.717) is 5.88 Å². The average molecular weight is 235 g/mol. The van der Waals surface area contributed by atoms with Gasteiger partial charge in [-0.15, -0.1) is 11.6 Å². The second-order valence-electron chi connectivity index (χ2n) is 3.28. The van der Waals surface area contributed by atoms with Crippen LogP contribution in [-0.2, 0) is 0 Å². The van der Waals surface area contributed by atoms with Gasteiger partial charge in [0.25, 0.3) is 0 Å². The molecule has 1 aliphatic heterocycles. The number of halogens is 1. The Bertz CT molecular complexity index is 158. The Hall–Kier alpha value is 0.300. The summed E-state index contributed by atoms with van der Waals surface area (Å²) in [6.45, 7) is 5.70. The number of hydrogen-bond donors (Lipinski definition) is 1. The Morgan fingerprint density at radius 3 is 2.79 bits per heavy atom. The van der Waals surface area contributed by atoms with Crippen LogP contribution in [0, 0.1) is 0 Å². The van der Waals surface area contributed by atoms with E-state index < -0.39 is 0 Å². The molecule has 0 aromatic carbocycles. The molecule has 2 nitrogen and oxygen atoms in total. The van der Waals surface area contributed by atoms with Crippen LogP contribution in [0.25, 0.3) is 0 Å². The summed E-state index contributed by atoms with van der Waals surface area (Å²) in [6.07, 6.45) is 4.06. The SMILES string of the molecule is ClC/C=C/CNCCN1CCSCC1. The number of nitrogens with zero attached hydrogens (tertiary/aromatic N) is 1. The smallest absolute Gasteiger partial charge is 0.0404 e. The van der Waals surface area contributed by atoms with Crippen molar-refractivity contribution in [3.05, 3.63) is 12.2 Å². The summed E-state index contributed by atoms with van der Waals surface area (Å²) in [6, 6.07) is 0. The standard InChI is InChI=1S/C10H19ClN2S/c11-3-1-2-4-12-5-6-13-7-9-14-10-8-13/h1-2,12H,3-10H2/b2-1+. The van der Waals surface area contributed by atoms with E-state index >= 15 is 0 Å². The maximum Gasteiger partial charge on any atom is 0.0404 e. The van der Waals surface area contributed by atoms with Crippen LogP contribution in [0.3, 0.4) is 0 Å². The van der Waals surface area contributed by atoms with E-state index in [1.807, 2.05) is 6.08 Å². The van der Waals surface area contributed by atoms with Crippen molar-refractivity contribution in [3.8, 4) is 0 Å². The van der Waals surface area contributed by atoms with Crippen molar-refractivity contribution in [2.24, 2.45) is 0 Å². The minimum atomic E-state index is 0.616. The molecule has 0 aliphatic carbocycles. The number of alkyl halides is 1. The lowest BCUT2D eigenvalue weighted by Crippen LogP contribution is -2.37. The zero-order valence-electron chi connectivity index (χ0n) is 8.54. The summed E-state index contributed by atoms with van der Waals surface area (Å²) in [5, 5.41) is 3.37. The molecule has 82 valence electrons. The fraction of sp³-hybridized carbons (Fsp3) is 0.800. The molecule has 4 heteroatoms. The Morgan fingerprint density at radius 2 is 2.07 bits per heavy atom. The van der Waals surface area contributed by atoms with E-state index in [1.165, 1.54) is 31.1 Å². The Kier molecular flexibility index (Phi) is 7.59. The largest absolute Gasteiger partial charge is 0.312 e. The fourth-order valence-corrected chi connectivity index (χ4v) is 2.50. The van der Waals surface area contributed by atoms with Gasteiger partial charge in [-0.1, -0.05) is 12.2 Å². The maximum atomic E-state index is 5.51. The molecule has 1 rings (SSSR count). The predicted octanol–water partition coefficient (Wildman–Crippen LogP) is 1.42. The highest BCUT2D eigenvalue weighted by Gasteiger charge is 2.08. The summed E-state index contributed by atoms with van der Waals surface area (Å²) in [7, 11) is 0. The molecule has 0 aromatic heterocycles. The minimum Gasteiger partial charge on any atom is -0.312 e.